The number of rotatable bonds is 2. The van der Waals surface area contributed by atoms with E-state index in [-0.39, 0.29) is 5.56 Å². The Morgan fingerprint density at radius 1 is 1.17 bits per heavy atom. The zero-order valence-corrected chi connectivity index (χ0v) is 12.5. The molecular weight excluding hydrogens is 292 g/mol. The Bertz CT molecular complexity index is 886. The lowest BCUT2D eigenvalue weighted by atomic mass is 10.2. The number of fused-ring (bicyclic) bond motifs is 1. The van der Waals surface area contributed by atoms with Crippen LogP contribution in [-0.2, 0) is 4.74 Å². The van der Waals surface area contributed by atoms with Gasteiger partial charge in [0.15, 0.2) is 0 Å². The molecule has 0 radical (unpaired) electrons. The number of ether oxygens (including phenoxy) is 1. The molecule has 0 saturated carbocycles. The second kappa shape index (κ2) is 5.81. The molecular formula is C17H16N4O2. The molecule has 0 aliphatic carbocycles. The van der Waals surface area contributed by atoms with Crippen molar-refractivity contribution >= 4 is 16.6 Å². The fourth-order valence-electron chi connectivity index (χ4n) is 2.78. The molecule has 23 heavy (non-hydrogen) atoms. The molecule has 2 aromatic heterocycles. The van der Waals surface area contributed by atoms with E-state index in [1.165, 1.54) is 0 Å². The van der Waals surface area contributed by atoms with Crippen LogP contribution in [0.25, 0.3) is 22.3 Å². The fourth-order valence-corrected chi connectivity index (χ4v) is 2.78. The van der Waals surface area contributed by atoms with Gasteiger partial charge in [-0.15, -0.1) is 0 Å². The van der Waals surface area contributed by atoms with Crippen molar-refractivity contribution in [3.05, 3.63) is 53.1 Å². The fraction of sp³-hybridized carbons (Fsp3) is 0.235. The number of hydrogen-bond acceptors (Lipinski definition) is 5. The summed E-state index contributed by atoms with van der Waals surface area (Å²) in [6.45, 7) is 3.11. The zero-order chi connectivity index (χ0) is 15.6. The average molecular weight is 308 g/mol. The molecule has 1 N–H and O–H groups in total. The Balaban J connectivity index is 1.78. The minimum absolute atomic E-state index is 0.135. The quantitative estimate of drug-likeness (QED) is 0.782. The minimum Gasteiger partial charge on any atom is -0.378 e. The van der Waals surface area contributed by atoms with Gasteiger partial charge >= 0.3 is 0 Å². The smallest absolute Gasteiger partial charge is 0.259 e. The molecule has 0 amide bonds. The Kier molecular flexibility index (Phi) is 3.51. The van der Waals surface area contributed by atoms with E-state index in [4.69, 9.17) is 4.74 Å². The molecule has 1 saturated heterocycles. The number of benzene rings is 1. The number of nitrogens with zero attached hydrogens (tertiary/aromatic N) is 3. The van der Waals surface area contributed by atoms with E-state index in [0.29, 0.717) is 29.9 Å². The summed E-state index contributed by atoms with van der Waals surface area (Å²) in [6, 6.07) is 9.50. The van der Waals surface area contributed by atoms with Gasteiger partial charge < -0.3 is 14.6 Å². The van der Waals surface area contributed by atoms with Crippen LogP contribution in [0.3, 0.4) is 0 Å². The second-order valence-electron chi connectivity index (χ2n) is 5.46. The summed E-state index contributed by atoms with van der Waals surface area (Å²) in [4.78, 5) is 26.1. The van der Waals surface area contributed by atoms with Gasteiger partial charge in [0, 0.05) is 36.7 Å². The van der Waals surface area contributed by atoms with Gasteiger partial charge in [0.25, 0.3) is 5.56 Å². The number of H-pyrrole nitrogens is 1. The van der Waals surface area contributed by atoms with Crippen molar-refractivity contribution in [1.82, 2.24) is 15.0 Å². The lowest BCUT2D eigenvalue weighted by Gasteiger charge is -2.28. The van der Waals surface area contributed by atoms with Gasteiger partial charge in [-0.25, -0.2) is 4.98 Å². The van der Waals surface area contributed by atoms with E-state index in [9.17, 15) is 4.79 Å². The lowest BCUT2D eigenvalue weighted by Crippen LogP contribution is -2.36. The predicted octanol–water partition coefficient (Wildman–Crippen LogP) is 1.82. The van der Waals surface area contributed by atoms with Gasteiger partial charge in [-0.1, -0.05) is 0 Å². The number of hydrogen-bond donors (Lipinski definition) is 1. The Morgan fingerprint density at radius 2 is 2.04 bits per heavy atom. The van der Waals surface area contributed by atoms with Gasteiger partial charge in [0.05, 0.1) is 24.1 Å². The molecule has 0 unspecified atom stereocenters. The largest absolute Gasteiger partial charge is 0.378 e. The summed E-state index contributed by atoms with van der Waals surface area (Å²) in [6.07, 6.45) is 3.38. The predicted molar refractivity (Wildman–Crippen MR) is 88.6 cm³/mol. The van der Waals surface area contributed by atoms with E-state index in [1.54, 1.807) is 12.4 Å². The third-order valence-corrected chi connectivity index (χ3v) is 4.00. The van der Waals surface area contributed by atoms with Crippen LogP contribution in [0, 0.1) is 0 Å². The highest BCUT2D eigenvalue weighted by Gasteiger charge is 2.13. The summed E-state index contributed by atoms with van der Waals surface area (Å²) >= 11 is 0. The molecule has 6 heteroatoms. The van der Waals surface area contributed by atoms with Crippen LogP contribution in [-0.4, -0.2) is 41.3 Å². The highest BCUT2D eigenvalue weighted by molar-refractivity contribution is 5.83. The monoisotopic (exact) mass is 308 g/mol. The standard InChI is InChI=1S/C17H16N4O2/c22-17-14-10-13(21-6-8-23-9-7-21)3-4-15(14)19-16(20-17)12-2-1-5-18-11-12/h1-5,10-11H,6-9H2,(H,19,20,22). The van der Waals surface area contributed by atoms with Crippen LogP contribution in [0.5, 0.6) is 0 Å². The van der Waals surface area contributed by atoms with Gasteiger partial charge in [-0.3, -0.25) is 9.78 Å². The van der Waals surface area contributed by atoms with Crippen molar-refractivity contribution < 1.29 is 4.74 Å². The zero-order valence-electron chi connectivity index (χ0n) is 12.5. The summed E-state index contributed by atoms with van der Waals surface area (Å²) in [5, 5.41) is 0.599. The number of aromatic nitrogens is 3. The van der Waals surface area contributed by atoms with E-state index in [1.807, 2.05) is 30.3 Å². The van der Waals surface area contributed by atoms with Crippen LogP contribution >= 0.6 is 0 Å². The topological polar surface area (TPSA) is 71.1 Å². The summed E-state index contributed by atoms with van der Waals surface area (Å²) in [5.74, 6) is 0.537. The molecule has 3 aromatic rings. The number of pyridine rings is 1. The van der Waals surface area contributed by atoms with Crippen LogP contribution in [0.2, 0.25) is 0 Å². The normalized spacial score (nSPS) is 15.0. The minimum atomic E-state index is -0.135. The highest BCUT2D eigenvalue weighted by atomic mass is 16.5. The number of anilines is 1. The first-order valence-electron chi connectivity index (χ1n) is 7.58. The molecule has 0 atom stereocenters. The average Bonchev–Trinajstić information content (AvgIpc) is 2.63. The van der Waals surface area contributed by atoms with E-state index >= 15 is 0 Å². The maximum Gasteiger partial charge on any atom is 0.259 e. The first-order valence-corrected chi connectivity index (χ1v) is 7.58. The first-order chi connectivity index (χ1) is 11.3. The Morgan fingerprint density at radius 3 is 2.83 bits per heavy atom. The first kappa shape index (κ1) is 13.9. The number of nitrogens with one attached hydrogen (secondary N) is 1. The maximum absolute atomic E-state index is 12.4. The molecule has 1 fully saturated rings. The molecule has 1 aromatic carbocycles. The van der Waals surface area contributed by atoms with Gasteiger partial charge in [0.1, 0.15) is 5.82 Å². The Labute approximate surface area is 132 Å². The lowest BCUT2D eigenvalue weighted by molar-refractivity contribution is 0.122. The molecule has 0 bridgehead atoms. The van der Waals surface area contributed by atoms with Crippen molar-refractivity contribution in [2.45, 2.75) is 0 Å². The third kappa shape index (κ3) is 2.68. The second-order valence-corrected chi connectivity index (χ2v) is 5.46. The van der Waals surface area contributed by atoms with Crippen molar-refractivity contribution in [2.75, 3.05) is 31.2 Å². The molecule has 1 aliphatic heterocycles. The summed E-state index contributed by atoms with van der Waals surface area (Å²) < 4.78 is 5.37. The van der Waals surface area contributed by atoms with Crippen LogP contribution in [0.15, 0.2) is 47.5 Å². The molecule has 1 aliphatic rings. The molecule has 6 nitrogen and oxygen atoms in total. The maximum atomic E-state index is 12.4. The Hall–Kier alpha value is -2.73. The van der Waals surface area contributed by atoms with Crippen molar-refractivity contribution in [1.29, 1.82) is 0 Å². The van der Waals surface area contributed by atoms with Gasteiger partial charge in [-0.05, 0) is 30.3 Å². The summed E-state index contributed by atoms with van der Waals surface area (Å²) in [5.41, 5.74) is 2.37. The summed E-state index contributed by atoms with van der Waals surface area (Å²) in [7, 11) is 0. The van der Waals surface area contributed by atoms with Crippen LogP contribution in [0.4, 0.5) is 5.69 Å². The molecule has 116 valence electrons. The van der Waals surface area contributed by atoms with Gasteiger partial charge in [-0.2, -0.15) is 0 Å². The highest BCUT2D eigenvalue weighted by Crippen LogP contribution is 2.21. The SMILES string of the molecule is O=c1[nH]c(-c2cccnc2)nc2ccc(N3CCOCC3)cc12. The van der Waals surface area contributed by atoms with E-state index in [0.717, 1.165) is 24.3 Å². The van der Waals surface area contributed by atoms with Crippen LogP contribution in [0.1, 0.15) is 0 Å². The number of morpholine rings is 1. The molecule has 0 spiro atoms. The van der Waals surface area contributed by atoms with Gasteiger partial charge in [0.2, 0.25) is 0 Å². The number of aromatic amines is 1. The molecule has 3 heterocycles. The van der Waals surface area contributed by atoms with Crippen molar-refractivity contribution in [2.24, 2.45) is 0 Å². The molecule has 4 rings (SSSR count). The van der Waals surface area contributed by atoms with Crippen molar-refractivity contribution in [3.8, 4) is 11.4 Å². The van der Waals surface area contributed by atoms with E-state index in [2.05, 4.69) is 19.9 Å². The van der Waals surface area contributed by atoms with E-state index < -0.39 is 0 Å². The third-order valence-electron chi connectivity index (χ3n) is 4.00. The van der Waals surface area contributed by atoms with Crippen LogP contribution < -0.4 is 10.5 Å². The van der Waals surface area contributed by atoms with Crippen molar-refractivity contribution in [3.63, 3.8) is 0 Å².